The Kier molecular flexibility index (Phi) is 6.37. The van der Waals surface area contributed by atoms with Crippen LogP contribution in [0.2, 0.25) is 0 Å². The van der Waals surface area contributed by atoms with Crippen molar-refractivity contribution in [3.05, 3.63) is 42.2 Å². The molecule has 1 aromatic heterocycles. The Morgan fingerprint density at radius 2 is 2.04 bits per heavy atom. The molecule has 0 fully saturated rings. The third-order valence-corrected chi connectivity index (χ3v) is 3.58. The molecular weight excluding hydrogens is 316 g/mol. The van der Waals surface area contributed by atoms with Crippen molar-refractivity contribution in [2.75, 3.05) is 20.0 Å². The van der Waals surface area contributed by atoms with Crippen LogP contribution in [0.4, 0.5) is 0 Å². The van der Waals surface area contributed by atoms with Gasteiger partial charge in [-0.05, 0) is 18.2 Å². The number of amides is 1. The molecule has 0 atom stereocenters. The summed E-state index contributed by atoms with van der Waals surface area (Å²) in [5, 5.41) is 4.47. The van der Waals surface area contributed by atoms with Crippen molar-refractivity contribution in [1.29, 1.82) is 0 Å². The normalized spacial score (nSPS) is 10.5. The van der Waals surface area contributed by atoms with Gasteiger partial charge in [0.25, 0.3) is 5.91 Å². The first-order valence-corrected chi connectivity index (χ1v) is 7.66. The fourth-order valence-corrected chi connectivity index (χ4v) is 2.31. The lowest BCUT2D eigenvalue weighted by molar-refractivity contribution is -0.118. The van der Waals surface area contributed by atoms with Crippen molar-refractivity contribution in [1.82, 2.24) is 15.4 Å². The van der Waals surface area contributed by atoms with E-state index in [4.69, 9.17) is 9.47 Å². The second-order valence-corrected chi connectivity index (χ2v) is 5.14. The molecule has 0 saturated carbocycles. The van der Waals surface area contributed by atoms with Gasteiger partial charge in [0.2, 0.25) is 0 Å². The number of hydrogen-bond acceptors (Lipinski definition) is 7. The van der Waals surface area contributed by atoms with Gasteiger partial charge in [0.05, 0.1) is 26.2 Å². The van der Waals surface area contributed by atoms with Gasteiger partial charge in [0.1, 0.15) is 0 Å². The van der Waals surface area contributed by atoms with Gasteiger partial charge in [-0.3, -0.25) is 4.79 Å². The van der Waals surface area contributed by atoms with E-state index in [9.17, 15) is 4.79 Å². The lowest BCUT2D eigenvalue weighted by Gasteiger charge is -2.09. The molecular formula is C15H16N4O3S. The summed E-state index contributed by atoms with van der Waals surface area (Å²) in [5.41, 5.74) is 3.15. The molecule has 1 heterocycles. The lowest BCUT2D eigenvalue weighted by Crippen LogP contribution is -2.19. The predicted molar refractivity (Wildman–Crippen MR) is 88.0 cm³/mol. The number of hydrogen-bond donors (Lipinski definition) is 1. The average molecular weight is 332 g/mol. The molecule has 1 N–H and O–H groups in total. The van der Waals surface area contributed by atoms with Crippen molar-refractivity contribution in [2.24, 2.45) is 5.10 Å². The number of ether oxygens (including phenoxy) is 2. The van der Waals surface area contributed by atoms with Crippen LogP contribution in [0.25, 0.3) is 0 Å². The fourth-order valence-electron chi connectivity index (χ4n) is 1.71. The van der Waals surface area contributed by atoms with E-state index in [1.807, 2.05) is 12.1 Å². The Morgan fingerprint density at radius 3 is 2.74 bits per heavy atom. The van der Waals surface area contributed by atoms with E-state index in [-0.39, 0.29) is 11.7 Å². The maximum atomic E-state index is 11.7. The molecule has 7 nitrogen and oxygen atoms in total. The molecule has 120 valence electrons. The zero-order valence-corrected chi connectivity index (χ0v) is 13.5. The van der Waals surface area contributed by atoms with Crippen LogP contribution >= 0.6 is 11.8 Å². The summed E-state index contributed by atoms with van der Waals surface area (Å²) in [6.07, 6.45) is 4.75. The van der Waals surface area contributed by atoms with E-state index < -0.39 is 0 Å². The van der Waals surface area contributed by atoms with Crippen LogP contribution < -0.4 is 14.9 Å². The number of methoxy groups -OCH3 is 2. The highest BCUT2D eigenvalue weighted by Crippen LogP contribution is 2.29. The van der Waals surface area contributed by atoms with Gasteiger partial charge in [0.15, 0.2) is 16.7 Å². The van der Waals surface area contributed by atoms with Gasteiger partial charge in [-0.15, -0.1) is 0 Å². The summed E-state index contributed by atoms with van der Waals surface area (Å²) in [4.78, 5) is 19.8. The monoisotopic (exact) mass is 332 g/mol. The summed E-state index contributed by atoms with van der Waals surface area (Å²) in [5.74, 6) is 1.08. The van der Waals surface area contributed by atoms with E-state index in [2.05, 4.69) is 20.5 Å². The molecule has 23 heavy (non-hydrogen) atoms. The molecule has 0 unspecified atom stereocenters. The van der Waals surface area contributed by atoms with Crippen LogP contribution in [0.3, 0.4) is 0 Å². The molecule has 0 aliphatic heterocycles. The number of nitrogens with one attached hydrogen (secondary N) is 1. The van der Waals surface area contributed by atoms with Crippen LogP contribution in [0.15, 0.2) is 46.9 Å². The van der Waals surface area contributed by atoms with Crippen molar-refractivity contribution in [3.8, 4) is 11.5 Å². The molecule has 8 heteroatoms. The minimum Gasteiger partial charge on any atom is -0.493 e. The summed E-state index contributed by atoms with van der Waals surface area (Å²) >= 11 is 1.24. The van der Waals surface area contributed by atoms with Crippen LogP contribution in [0.1, 0.15) is 5.56 Å². The third kappa shape index (κ3) is 4.96. The lowest BCUT2D eigenvalue weighted by atomic mass is 10.2. The average Bonchev–Trinajstić information content (AvgIpc) is 2.60. The van der Waals surface area contributed by atoms with Crippen molar-refractivity contribution in [3.63, 3.8) is 0 Å². The maximum Gasteiger partial charge on any atom is 0.250 e. The highest BCUT2D eigenvalue weighted by atomic mass is 32.2. The number of nitrogens with zero attached hydrogens (tertiary/aromatic N) is 3. The van der Waals surface area contributed by atoms with E-state index >= 15 is 0 Å². The number of benzene rings is 1. The van der Waals surface area contributed by atoms with E-state index in [1.54, 1.807) is 38.7 Å². The molecule has 1 amide bonds. The second kappa shape index (κ2) is 8.74. The first-order chi connectivity index (χ1) is 11.2. The zero-order valence-electron chi connectivity index (χ0n) is 12.7. The smallest absolute Gasteiger partial charge is 0.250 e. The number of carbonyl (C=O) groups excluding carboxylic acids is 1. The van der Waals surface area contributed by atoms with Crippen LogP contribution in [-0.4, -0.2) is 42.1 Å². The first-order valence-electron chi connectivity index (χ1n) is 6.67. The number of hydrazone groups is 1. The van der Waals surface area contributed by atoms with E-state index in [1.165, 1.54) is 18.0 Å². The maximum absolute atomic E-state index is 11.7. The number of aromatic nitrogens is 2. The summed E-state index contributed by atoms with van der Waals surface area (Å²) in [6, 6.07) is 7.12. The minimum absolute atomic E-state index is 0.177. The van der Waals surface area contributed by atoms with E-state index in [0.717, 1.165) is 0 Å². The zero-order chi connectivity index (χ0) is 16.5. The quantitative estimate of drug-likeness (QED) is 0.360. The van der Waals surface area contributed by atoms with Crippen LogP contribution in [0.5, 0.6) is 11.5 Å². The van der Waals surface area contributed by atoms with Gasteiger partial charge in [-0.25, -0.2) is 15.4 Å². The first kappa shape index (κ1) is 16.8. The fraction of sp³-hybridized carbons (Fsp3) is 0.200. The summed E-state index contributed by atoms with van der Waals surface area (Å²) < 4.78 is 10.5. The third-order valence-electron chi connectivity index (χ3n) is 2.70. The molecule has 0 radical (unpaired) electrons. The van der Waals surface area contributed by atoms with Crippen molar-refractivity contribution in [2.45, 2.75) is 5.16 Å². The van der Waals surface area contributed by atoms with Crippen molar-refractivity contribution >= 4 is 23.9 Å². The Hall–Kier alpha value is -2.61. The van der Waals surface area contributed by atoms with Crippen LogP contribution in [-0.2, 0) is 4.79 Å². The highest BCUT2D eigenvalue weighted by molar-refractivity contribution is 7.99. The number of rotatable bonds is 7. The summed E-state index contributed by atoms with van der Waals surface area (Å²) in [6.45, 7) is 0. The standard InChI is InChI=1S/C15H16N4O3S/c1-21-12-6-3-5-11(14(12)22-2)9-18-19-13(20)10-23-15-16-7-4-8-17-15/h3-9H,10H2,1-2H3,(H,19,20)/b18-9+. The molecule has 2 rings (SSSR count). The topological polar surface area (TPSA) is 85.7 Å². The Balaban J connectivity index is 1.90. The van der Waals surface area contributed by atoms with Gasteiger partial charge < -0.3 is 9.47 Å². The molecule has 0 aliphatic carbocycles. The number of thioether (sulfide) groups is 1. The van der Waals surface area contributed by atoms with Gasteiger partial charge in [-0.2, -0.15) is 5.10 Å². The Bertz CT molecular complexity index is 680. The minimum atomic E-state index is -0.249. The van der Waals surface area contributed by atoms with Crippen LogP contribution in [0, 0.1) is 0 Å². The van der Waals surface area contributed by atoms with Gasteiger partial charge >= 0.3 is 0 Å². The Labute approximate surface area is 138 Å². The van der Waals surface area contributed by atoms with E-state index in [0.29, 0.717) is 22.2 Å². The molecule has 2 aromatic rings. The van der Waals surface area contributed by atoms with Crippen molar-refractivity contribution < 1.29 is 14.3 Å². The number of carbonyl (C=O) groups is 1. The molecule has 1 aromatic carbocycles. The molecule has 0 spiro atoms. The van der Waals surface area contributed by atoms with Gasteiger partial charge in [-0.1, -0.05) is 17.8 Å². The molecule has 0 saturated heterocycles. The Morgan fingerprint density at radius 1 is 1.26 bits per heavy atom. The molecule has 0 aliphatic rings. The summed E-state index contributed by atoms with van der Waals surface area (Å²) in [7, 11) is 3.10. The predicted octanol–water partition coefficient (Wildman–Crippen LogP) is 1.74. The largest absolute Gasteiger partial charge is 0.493 e. The molecule has 0 bridgehead atoms. The number of para-hydroxylation sites is 1. The second-order valence-electron chi connectivity index (χ2n) is 4.20. The highest BCUT2D eigenvalue weighted by Gasteiger charge is 2.07. The van der Waals surface area contributed by atoms with Gasteiger partial charge in [0, 0.05) is 18.0 Å². The SMILES string of the molecule is COc1cccc(/C=N/NC(=O)CSc2ncccn2)c1OC.